The van der Waals surface area contributed by atoms with Gasteiger partial charge in [-0.1, -0.05) is 11.6 Å². The van der Waals surface area contributed by atoms with Crippen LogP contribution in [0.1, 0.15) is 12.0 Å². The standard InChI is InChI=1S/C11H11ClN2O3/c1-5-2-6(12)10-7(3-5)13-8(4-9(15)16)11(17)14-10/h2-3,8,13H,4H2,1H3,(H,14,17)(H,15,16). The maximum Gasteiger partial charge on any atom is 0.305 e. The van der Waals surface area contributed by atoms with E-state index < -0.39 is 12.0 Å². The minimum atomic E-state index is -1.03. The van der Waals surface area contributed by atoms with Crippen molar-refractivity contribution in [3.8, 4) is 0 Å². The molecule has 1 aliphatic rings. The molecule has 6 heteroatoms. The Morgan fingerprint density at radius 1 is 1.53 bits per heavy atom. The molecule has 1 atom stereocenters. The van der Waals surface area contributed by atoms with Crippen LogP contribution in [0, 0.1) is 6.92 Å². The zero-order valence-corrected chi connectivity index (χ0v) is 9.84. The van der Waals surface area contributed by atoms with Gasteiger partial charge in [0.15, 0.2) is 0 Å². The molecule has 0 aliphatic carbocycles. The minimum absolute atomic E-state index is 0.267. The molecular formula is C11H11ClN2O3. The van der Waals surface area contributed by atoms with Crippen molar-refractivity contribution in [1.29, 1.82) is 0 Å². The van der Waals surface area contributed by atoms with Gasteiger partial charge in [0.1, 0.15) is 6.04 Å². The van der Waals surface area contributed by atoms with Crippen LogP contribution >= 0.6 is 11.6 Å². The molecule has 5 nitrogen and oxygen atoms in total. The third-order valence-corrected chi connectivity index (χ3v) is 2.81. The molecule has 1 aromatic rings. The van der Waals surface area contributed by atoms with Crippen molar-refractivity contribution < 1.29 is 14.7 Å². The lowest BCUT2D eigenvalue weighted by atomic mass is 10.1. The van der Waals surface area contributed by atoms with Gasteiger partial charge in [-0.2, -0.15) is 0 Å². The number of carbonyl (C=O) groups is 2. The van der Waals surface area contributed by atoms with Crippen molar-refractivity contribution in [1.82, 2.24) is 0 Å². The van der Waals surface area contributed by atoms with Gasteiger partial charge >= 0.3 is 5.97 Å². The molecular weight excluding hydrogens is 244 g/mol. The second kappa shape index (κ2) is 4.25. The predicted molar refractivity (Wildman–Crippen MR) is 64.5 cm³/mol. The van der Waals surface area contributed by atoms with Crippen LogP contribution < -0.4 is 10.6 Å². The van der Waals surface area contributed by atoms with Crippen molar-refractivity contribution in [3.05, 3.63) is 22.7 Å². The number of rotatable bonds is 2. The van der Waals surface area contributed by atoms with Crippen LogP contribution in [0.3, 0.4) is 0 Å². The van der Waals surface area contributed by atoms with Crippen molar-refractivity contribution in [2.45, 2.75) is 19.4 Å². The summed E-state index contributed by atoms with van der Waals surface area (Å²) in [5.41, 5.74) is 2.09. The molecule has 1 aromatic carbocycles. The molecule has 1 amide bonds. The van der Waals surface area contributed by atoms with Crippen LogP contribution in [0.4, 0.5) is 11.4 Å². The molecule has 0 spiro atoms. The molecule has 2 rings (SSSR count). The average molecular weight is 255 g/mol. The highest BCUT2D eigenvalue weighted by Crippen LogP contribution is 2.35. The fourth-order valence-corrected chi connectivity index (χ4v) is 2.09. The van der Waals surface area contributed by atoms with Gasteiger partial charge in [-0.3, -0.25) is 9.59 Å². The Bertz CT molecular complexity index is 502. The number of aryl methyl sites for hydroxylation is 1. The van der Waals surface area contributed by atoms with Crippen LogP contribution in [0.15, 0.2) is 12.1 Å². The molecule has 1 unspecified atom stereocenters. The summed E-state index contributed by atoms with van der Waals surface area (Å²) in [5.74, 6) is -1.41. The topological polar surface area (TPSA) is 78.4 Å². The second-order valence-electron chi connectivity index (χ2n) is 3.95. The second-order valence-corrected chi connectivity index (χ2v) is 4.36. The minimum Gasteiger partial charge on any atom is -0.481 e. The molecule has 1 aliphatic heterocycles. The van der Waals surface area contributed by atoms with Gasteiger partial charge in [-0.05, 0) is 24.6 Å². The van der Waals surface area contributed by atoms with Crippen LogP contribution in [-0.2, 0) is 9.59 Å². The lowest BCUT2D eigenvalue weighted by Gasteiger charge is -2.26. The number of hydrogen-bond donors (Lipinski definition) is 3. The summed E-state index contributed by atoms with van der Waals surface area (Å²) in [5, 5.41) is 14.6. The fourth-order valence-electron chi connectivity index (χ4n) is 1.77. The van der Waals surface area contributed by atoms with Crippen LogP contribution in [0.5, 0.6) is 0 Å². The van der Waals surface area contributed by atoms with E-state index >= 15 is 0 Å². The number of anilines is 2. The van der Waals surface area contributed by atoms with Crippen molar-refractivity contribution >= 4 is 34.9 Å². The van der Waals surface area contributed by atoms with Crippen molar-refractivity contribution in [2.75, 3.05) is 10.6 Å². The summed E-state index contributed by atoms with van der Waals surface area (Å²) in [7, 11) is 0. The predicted octanol–water partition coefficient (Wildman–Crippen LogP) is 1.86. The number of fused-ring (bicyclic) bond motifs is 1. The van der Waals surface area contributed by atoms with Gasteiger partial charge in [0.25, 0.3) is 0 Å². The van der Waals surface area contributed by atoms with Gasteiger partial charge in [-0.15, -0.1) is 0 Å². The van der Waals surface area contributed by atoms with Crippen LogP contribution in [-0.4, -0.2) is 23.0 Å². The molecule has 1 heterocycles. The molecule has 0 bridgehead atoms. The Kier molecular flexibility index (Phi) is 2.93. The first-order valence-corrected chi connectivity index (χ1v) is 5.44. The molecule has 17 heavy (non-hydrogen) atoms. The van der Waals surface area contributed by atoms with E-state index in [-0.39, 0.29) is 12.3 Å². The Balaban J connectivity index is 2.34. The number of benzene rings is 1. The zero-order valence-electron chi connectivity index (χ0n) is 9.08. The summed E-state index contributed by atoms with van der Waals surface area (Å²) in [6, 6.07) is 2.79. The summed E-state index contributed by atoms with van der Waals surface area (Å²) in [6.07, 6.45) is -0.267. The fraction of sp³-hybridized carbons (Fsp3) is 0.273. The van der Waals surface area contributed by atoms with E-state index in [0.717, 1.165) is 5.56 Å². The van der Waals surface area contributed by atoms with Gasteiger partial charge < -0.3 is 15.7 Å². The van der Waals surface area contributed by atoms with Gasteiger partial charge in [0.2, 0.25) is 5.91 Å². The number of hydrogen-bond acceptors (Lipinski definition) is 3. The van der Waals surface area contributed by atoms with E-state index in [0.29, 0.717) is 16.4 Å². The lowest BCUT2D eigenvalue weighted by molar-refractivity contribution is -0.138. The number of carboxylic acids is 1. The van der Waals surface area contributed by atoms with Gasteiger partial charge in [0.05, 0.1) is 22.8 Å². The number of amides is 1. The number of halogens is 1. The van der Waals surface area contributed by atoms with E-state index in [2.05, 4.69) is 10.6 Å². The number of carboxylic acid groups (broad SMARTS) is 1. The Hall–Kier alpha value is -1.75. The Labute approximate surface area is 103 Å². The smallest absolute Gasteiger partial charge is 0.305 e. The first kappa shape index (κ1) is 11.7. The summed E-state index contributed by atoms with van der Waals surface area (Å²) in [6.45, 7) is 1.87. The quantitative estimate of drug-likeness (QED) is 0.753. The largest absolute Gasteiger partial charge is 0.481 e. The molecule has 0 saturated carbocycles. The highest BCUT2D eigenvalue weighted by atomic mass is 35.5. The van der Waals surface area contributed by atoms with E-state index in [1.807, 2.05) is 13.0 Å². The van der Waals surface area contributed by atoms with Gasteiger partial charge in [0, 0.05) is 0 Å². The molecule has 90 valence electrons. The maximum atomic E-state index is 11.6. The molecule has 0 fully saturated rings. The summed E-state index contributed by atoms with van der Waals surface area (Å²) in [4.78, 5) is 22.2. The third-order valence-electron chi connectivity index (χ3n) is 2.51. The lowest BCUT2D eigenvalue weighted by Crippen LogP contribution is -2.40. The molecule has 0 saturated heterocycles. The highest BCUT2D eigenvalue weighted by Gasteiger charge is 2.28. The molecule has 3 N–H and O–H groups in total. The van der Waals surface area contributed by atoms with E-state index in [9.17, 15) is 9.59 Å². The zero-order chi connectivity index (χ0) is 12.6. The van der Waals surface area contributed by atoms with Crippen LogP contribution in [0.25, 0.3) is 0 Å². The van der Waals surface area contributed by atoms with Gasteiger partial charge in [-0.25, -0.2) is 0 Å². The number of nitrogens with one attached hydrogen (secondary N) is 2. The van der Waals surface area contributed by atoms with Crippen LogP contribution in [0.2, 0.25) is 5.02 Å². The SMILES string of the molecule is Cc1cc(Cl)c2c(c1)NC(CC(=O)O)C(=O)N2. The Morgan fingerprint density at radius 3 is 2.88 bits per heavy atom. The van der Waals surface area contributed by atoms with E-state index in [1.165, 1.54) is 0 Å². The molecule has 0 radical (unpaired) electrons. The normalized spacial score (nSPS) is 18.0. The monoisotopic (exact) mass is 254 g/mol. The van der Waals surface area contributed by atoms with Crippen molar-refractivity contribution in [2.24, 2.45) is 0 Å². The van der Waals surface area contributed by atoms with Crippen molar-refractivity contribution in [3.63, 3.8) is 0 Å². The average Bonchev–Trinajstić information content (AvgIpc) is 2.20. The summed E-state index contributed by atoms with van der Waals surface area (Å²) >= 11 is 6.00. The maximum absolute atomic E-state index is 11.6. The highest BCUT2D eigenvalue weighted by molar-refractivity contribution is 6.35. The number of aliphatic carboxylic acids is 1. The summed E-state index contributed by atoms with van der Waals surface area (Å²) < 4.78 is 0. The first-order chi connectivity index (χ1) is 7.97. The third kappa shape index (κ3) is 2.34. The first-order valence-electron chi connectivity index (χ1n) is 5.06. The Morgan fingerprint density at radius 2 is 2.24 bits per heavy atom. The molecule has 0 aromatic heterocycles. The number of carbonyl (C=O) groups excluding carboxylic acids is 1. The van der Waals surface area contributed by atoms with E-state index in [1.54, 1.807) is 6.07 Å². The van der Waals surface area contributed by atoms with E-state index in [4.69, 9.17) is 16.7 Å².